The third-order valence-electron chi connectivity index (χ3n) is 4.27. The molecule has 0 aliphatic heterocycles. The standard InChI is InChI=1S/C19H36O4.Li/c1-4-6-8-9-10-11-12-13-15-19(3,14-7-5-2)23-18(22)16-17(20)21;/h4-16H2,1-3H3,(H,20,21);/q;+1/p-1. The Labute approximate surface area is 160 Å². The van der Waals surface area contributed by atoms with E-state index in [1.807, 2.05) is 6.92 Å². The minimum atomic E-state index is -1.38. The average Bonchev–Trinajstić information content (AvgIpc) is 2.47. The van der Waals surface area contributed by atoms with Gasteiger partial charge in [-0.1, -0.05) is 65.2 Å². The van der Waals surface area contributed by atoms with Crippen LogP contribution in [-0.2, 0) is 14.3 Å². The molecule has 0 aromatic heterocycles. The van der Waals surface area contributed by atoms with Crippen molar-refractivity contribution in [2.45, 2.75) is 110 Å². The Balaban J connectivity index is 0. The summed E-state index contributed by atoms with van der Waals surface area (Å²) in [6.07, 6.45) is 12.8. The van der Waals surface area contributed by atoms with Gasteiger partial charge in [0.05, 0.1) is 12.4 Å². The monoisotopic (exact) mass is 334 g/mol. The Morgan fingerprint density at radius 3 is 1.79 bits per heavy atom. The van der Waals surface area contributed by atoms with Gasteiger partial charge in [0.15, 0.2) is 0 Å². The van der Waals surface area contributed by atoms with E-state index in [1.54, 1.807) is 0 Å². The molecule has 0 radical (unpaired) electrons. The predicted molar refractivity (Wildman–Crippen MR) is 90.9 cm³/mol. The van der Waals surface area contributed by atoms with Crippen LogP contribution in [-0.4, -0.2) is 17.5 Å². The Bertz CT molecular complexity index is 333. The maximum atomic E-state index is 11.6. The molecule has 0 bridgehead atoms. The third-order valence-corrected chi connectivity index (χ3v) is 4.27. The summed E-state index contributed by atoms with van der Waals surface area (Å²) in [5, 5.41) is 10.5. The molecule has 1 atom stereocenters. The number of unbranched alkanes of at least 4 members (excludes halogenated alkanes) is 8. The summed E-state index contributed by atoms with van der Waals surface area (Å²) in [7, 11) is 0. The number of hydrogen-bond acceptors (Lipinski definition) is 4. The molecule has 4 nitrogen and oxygen atoms in total. The zero-order valence-corrected chi connectivity index (χ0v) is 16.3. The number of aliphatic carboxylic acids is 1. The fourth-order valence-corrected chi connectivity index (χ4v) is 2.84. The van der Waals surface area contributed by atoms with Crippen molar-refractivity contribution in [2.24, 2.45) is 0 Å². The van der Waals surface area contributed by atoms with Crippen molar-refractivity contribution in [3.05, 3.63) is 0 Å². The quantitative estimate of drug-likeness (QED) is 0.195. The summed E-state index contributed by atoms with van der Waals surface area (Å²) < 4.78 is 5.45. The van der Waals surface area contributed by atoms with Crippen LogP contribution in [0, 0.1) is 0 Å². The fraction of sp³-hybridized carbons (Fsp3) is 0.895. The van der Waals surface area contributed by atoms with E-state index in [1.165, 1.54) is 38.5 Å². The van der Waals surface area contributed by atoms with Gasteiger partial charge in [0.1, 0.15) is 5.60 Å². The molecule has 0 amide bonds. The zero-order valence-electron chi connectivity index (χ0n) is 16.3. The van der Waals surface area contributed by atoms with Gasteiger partial charge in [-0.3, -0.25) is 4.79 Å². The van der Waals surface area contributed by atoms with Gasteiger partial charge in [-0.15, -0.1) is 0 Å². The second-order valence-electron chi connectivity index (χ2n) is 6.80. The van der Waals surface area contributed by atoms with Crippen LogP contribution in [0.2, 0.25) is 0 Å². The Hall–Kier alpha value is -0.463. The second kappa shape index (κ2) is 16.0. The van der Waals surface area contributed by atoms with Crippen molar-refractivity contribution >= 4 is 11.9 Å². The molecule has 0 spiro atoms. The van der Waals surface area contributed by atoms with E-state index in [9.17, 15) is 14.7 Å². The molecule has 0 saturated heterocycles. The Kier molecular flexibility index (Phi) is 17.2. The van der Waals surface area contributed by atoms with E-state index in [0.29, 0.717) is 0 Å². The smallest absolute Gasteiger partial charge is 0.550 e. The molecule has 5 heteroatoms. The van der Waals surface area contributed by atoms with Crippen molar-refractivity contribution < 1.29 is 38.3 Å². The fourth-order valence-electron chi connectivity index (χ4n) is 2.84. The Morgan fingerprint density at radius 2 is 1.29 bits per heavy atom. The van der Waals surface area contributed by atoms with Crippen LogP contribution >= 0.6 is 0 Å². The first kappa shape index (κ1) is 25.8. The van der Waals surface area contributed by atoms with Gasteiger partial charge in [-0.05, 0) is 32.6 Å². The van der Waals surface area contributed by atoms with Gasteiger partial charge < -0.3 is 14.6 Å². The third kappa shape index (κ3) is 15.1. The summed E-state index contributed by atoms with van der Waals surface area (Å²) in [6, 6.07) is 0. The minimum absolute atomic E-state index is 0. The molecular weight excluding hydrogens is 299 g/mol. The normalized spacial score (nSPS) is 13.0. The van der Waals surface area contributed by atoms with Crippen LogP contribution in [0.5, 0.6) is 0 Å². The van der Waals surface area contributed by atoms with Crippen LogP contribution in [0.1, 0.15) is 104 Å². The molecule has 1 unspecified atom stereocenters. The van der Waals surface area contributed by atoms with Crippen LogP contribution in [0.4, 0.5) is 0 Å². The van der Waals surface area contributed by atoms with Gasteiger partial charge in [0.25, 0.3) is 0 Å². The molecular formula is C19H35LiO4. The summed E-state index contributed by atoms with van der Waals surface area (Å²) >= 11 is 0. The van der Waals surface area contributed by atoms with Gasteiger partial charge in [0.2, 0.25) is 0 Å². The molecule has 0 N–H and O–H groups in total. The summed E-state index contributed by atoms with van der Waals surface area (Å²) in [5.41, 5.74) is -0.537. The number of carboxylic acid groups (broad SMARTS) is 1. The summed E-state index contributed by atoms with van der Waals surface area (Å²) in [4.78, 5) is 22.1. The van der Waals surface area contributed by atoms with E-state index in [4.69, 9.17) is 4.74 Å². The second-order valence-corrected chi connectivity index (χ2v) is 6.80. The van der Waals surface area contributed by atoms with Crippen LogP contribution in [0.15, 0.2) is 0 Å². The number of hydrogen-bond donors (Lipinski definition) is 0. The first-order valence-electron chi connectivity index (χ1n) is 9.35. The number of carbonyl (C=O) groups excluding carboxylic acids is 2. The van der Waals surface area contributed by atoms with Gasteiger partial charge >= 0.3 is 24.8 Å². The van der Waals surface area contributed by atoms with Crippen LogP contribution < -0.4 is 24.0 Å². The van der Waals surface area contributed by atoms with E-state index in [2.05, 4.69) is 13.8 Å². The largest absolute Gasteiger partial charge is 1.00 e. The number of esters is 1. The SMILES string of the molecule is CCCCCCCCCCC(C)(CCCC)OC(=O)CC(=O)[O-].[Li+]. The molecule has 0 aromatic rings. The maximum absolute atomic E-state index is 11.6. The van der Waals surface area contributed by atoms with Gasteiger partial charge in [-0.25, -0.2) is 0 Å². The predicted octanol–water partition coefficient (Wildman–Crippen LogP) is 1.15. The number of rotatable bonds is 15. The first-order chi connectivity index (χ1) is 10.9. The zero-order chi connectivity index (χ0) is 17.6. The number of carboxylic acids is 1. The molecule has 0 aromatic carbocycles. The summed E-state index contributed by atoms with van der Waals surface area (Å²) in [5.74, 6) is -2.05. The molecule has 0 heterocycles. The molecule has 136 valence electrons. The van der Waals surface area contributed by atoms with Gasteiger partial charge in [0, 0.05) is 0 Å². The van der Waals surface area contributed by atoms with Crippen molar-refractivity contribution in [3.8, 4) is 0 Å². The minimum Gasteiger partial charge on any atom is -0.550 e. The van der Waals surface area contributed by atoms with E-state index >= 15 is 0 Å². The van der Waals surface area contributed by atoms with Gasteiger partial charge in [-0.2, -0.15) is 0 Å². The number of carbonyl (C=O) groups is 2. The molecule has 0 fully saturated rings. The molecule has 0 rings (SSSR count). The molecule has 0 saturated carbocycles. The molecule has 0 aliphatic carbocycles. The topological polar surface area (TPSA) is 66.4 Å². The van der Waals surface area contributed by atoms with E-state index in [-0.39, 0.29) is 18.9 Å². The van der Waals surface area contributed by atoms with Crippen molar-refractivity contribution in [1.29, 1.82) is 0 Å². The summed E-state index contributed by atoms with van der Waals surface area (Å²) in [6.45, 7) is 6.25. The average molecular weight is 334 g/mol. The van der Waals surface area contributed by atoms with E-state index < -0.39 is 24.0 Å². The number of ether oxygens (including phenoxy) is 1. The Morgan fingerprint density at radius 1 is 0.833 bits per heavy atom. The van der Waals surface area contributed by atoms with E-state index in [0.717, 1.165) is 38.5 Å². The van der Waals surface area contributed by atoms with Crippen LogP contribution in [0.3, 0.4) is 0 Å². The first-order valence-corrected chi connectivity index (χ1v) is 9.35. The maximum Gasteiger partial charge on any atom is 1.00 e. The molecule has 24 heavy (non-hydrogen) atoms. The van der Waals surface area contributed by atoms with Crippen molar-refractivity contribution in [1.82, 2.24) is 0 Å². The van der Waals surface area contributed by atoms with Crippen molar-refractivity contribution in [2.75, 3.05) is 0 Å². The van der Waals surface area contributed by atoms with Crippen LogP contribution in [0.25, 0.3) is 0 Å². The molecule has 0 aliphatic rings. The van der Waals surface area contributed by atoms with Crippen molar-refractivity contribution in [3.63, 3.8) is 0 Å².